The molecule has 0 saturated heterocycles. The predicted molar refractivity (Wildman–Crippen MR) is 82.1 cm³/mol. The van der Waals surface area contributed by atoms with Gasteiger partial charge in [0.05, 0.1) is 11.9 Å². The number of carboxylic acid groups (broad SMARTS) is 1. The molecule has 0 bridgehead atoms. The number of benzene rings is 1. The Balaban J connectivity index is 1.95. The van der Waals surface area contributed by atoms with Gasteiger partial charge in [-0.05, 0) is 42.7 Å². The standard InChI is InChI=1S/C14H13N3O3S/c1-21-11-5-2-9(3-6-11)16-14(20)17-10-4-7-12(13(18)19)15-8-10/h2-8H,1H3,(H,18,19)(H2,16,17,20). The van der Waals surface area contributed by atoms with E-state index in [9.17, 15) is 9.59 Å². The summed E-state index contributed by atoms with van der Waals surface area (Å²) in [5.74, 6) is -1.11. The Morgan fingerprint density at radius 1 is 1.05 bits per heavy atom. The summed E-state index contributed by atoms with van der Waals surface area (Å²) >= 11 is 1.62. The van der Waals surface area contributed by atoms with Crippen LogP contribution in [0.25, 0.3) is 0 Å². The van der Waals surface area contributed by atoms with Crippen molar-refractivity contribution in [3.63, 3.8) is 0 Å². The average molecular weight is 303 g/mol. The zero-order valence-corrected chi connectivity index (χ0v) is 12.0. The second-order valence-corrected chi connectivity index (χ2v) is 4.92. The van der Waals surface area contributed by atoms with Gasteiger partial charge in [0, 0.05) is 10.6 Å². The molecule has 2 aromatic rings. The molecule has 21 heavy (non-hydrogen) atoms. The van der Waals surface area contributed by atoms with Crippen LogP contribution in [0.15, 0.2) is 47.5 Å². The molecule has 0 fully saturated rings. The lowest BCUT2D eigenvalue weighted by atomic mass is 10.3. The van der Waals surface area contributed by atoms with Crippen LogP contribution >= 0.6 is 11.8 Å². The number of hydrogen-bond acceptors (Lipinski definition) is 4. The van der Waals surface area contributed by atoms with Gasteiger partial charge >= 0.3 is 12.0 Å². The summed E-state index contributed by atoms with van der Waals surface area (Å²) in [6.45, 7) is 0. The lowest BCUT2D eigenvalue weighted by Crippen LogP contribution is -2.19. The number of nitrogens with one attached hydrogen (secondary N) is 2. The van der Waals surface area contributed by atoms with E-state index in [0.29, 0.717) is 11.4 Å². The minimum absolute atomic E-state index is 0.0754. The molecule has 0 unspecified atom stereocenters. The van der Waals surface area contributed by atoms with Crippen molar-refractivity contribution in [1.29, 1.82) is 0 Å². The molecule has 3 N–H and O–H groups in total. The summed E-state index contributed by atoms with van der Waals surface area (Å²) in [7, 11) is 0. The molecule has 6 nitrogen and oxygen atoms in total. The maximum Gasteiger partial charge on any atom is 0.354 e. The van der Waals surface area contributed by atoms with E-state index in [1.165, 1.54) is 18.3 Å². The van der Waals surface area contributed by atoms with Crippen molar-refractivity contribution >= 4 is 35.1 Å². The highest BCUT2D eigenvalue weighted by Gasteiger charge is 2.06. The third-order valence-electron chi connectivity index (χ3n) is 2.59. The van der Waals surface area contributed by atoms with Gasteiger partial charge in [-0.2, -0.15) is 0 Å². The van der Waals surface area contributed by atoms with Gasteiger partial charge in [0.1, 0.15) is 5.69 Å². The van der Waals surface area contributed by atoms with Crippen molar-refractivity contribution in [2.75, 3.05) is 16.9 Å². The molecule has 108 valence electrons. The number of hydrogen-bond donors (Lipinski definition) is 3. The molecule has 2 rings (SSSR count). The normalized spacial score (nSPS) is 9.95. The Kier molecular flexibility index (Phi) is 4.78. The van der Waals surface area contributed by atoms with E-state index in [1.807, 2.05) is 18.4 Å². The number of carbonyl (C=O) groups is 2. The van der Waals surface area contributed by atoms with Crippen LogP contribution in [-0.4, -0.2) is 28.3 Å². The van der Waals surface area contributed by atoms with Crippen molar-refractivity contribution in [3.05, 3.63) is 48.3 Å². The van der Waals surface area contributed by atoms with E-state index in [0.717, 1.165) is 4.90 Å². The Bertz CT molecular complexity index is 642. The topological polar surface area (TPSA) is 91.3 Å². The van der Waals surface area contributed by atoms with Gasteiger partial charge < -0.3 is 15.7 Å². The lowest BCUT2D eigenvalue weighted by molar-refractivity contribution is 0.0690. The highest BCUT2D eigenvalue weighted by molar-refractivity contribution is 7.98. The number of urea groups is 1. The highest BCUT2D eigenvalue weighted by Crippen LogP contribution is 2.17. The van der Waals surface area contributed by atoms with Gasteiger partial charge in [0.25, 0.3) is 0 Å². The van der Waals surface area contributed by atoms with Gasteiger partial charge in [0.2, 0.25) is 0 Å². The third-order valence-corrected chi connectivity index (χ3v) is 3.33. The largest absolute Gasteiger partial charge is 0.477 e. The number of pyridine rings is 1. The fourth-order valence-corrected chi connectivity index (χ4v) is 1.97. The summed E-state index contributed by atoms with van der Waals surface area (Å²) in [6, 6.07) is 9.80. The van der Waals surface area contributed by atoms with Crippen LogP contribution in [0.3, 0.4) is 0 Å². The summed E-state index contributed by atoms with van der Waals surface area (Å²) in [4.78, 5) is 27.3. The van der Waals surface area contributed by atoms with E-state index in [-0.39, 0.29) is 5.69 Å². The molecule has 0 aliphatic carbocycles. The number of aromatic carboxylic acids is 1. The van der Waals surface area contributed by atoms with Crippen molar-refractivity contribution < 1.29 is 14.7 Å². The first-order valence-electron chi connectivity index (χ1n) is 6.00. The molecule has 0 radical (unpaired) electrons. The van der Waals surface area contributed by atoms with Crippen molar-refractivity contribution in [3.8, 4) is 0 Å². The second-order valence-electron chi connectivity index (χ2n) is 4.04. The summed E-state index contributed by atoms with van der Waals surface area (Å²) in [5, 5.41) is 14.0. The Labute approximate surface area is 125 Å². The molecule has 7 heteroatoms. The average Bonchev–Trinajstić information content (AvgIpc) is 2.48. The number of rotatable bonds is 4. The number of carboxylic acids is 1. The molecular formula is C14H13N3O3S. The zero-order chi connectivity index (χ0) is 15.2. The molecule has 0 atom stereocenters. The molecule has 0 aliphatic heterocycles. The third kappa shape index (κ3) is 4.22. The first-order chi connectivity index (χ1) is 10.1. The molecule has 0 spiro atoms. The monoisotopic (exact) mass is 303 g/mol. The van der Waals surface area contributed by atoms with Gasteiger partial charge in [-0.3, -0.25) is 0 Å². The molecule has 1 heterocycles. The van der Waals surface area contributed by atoms with Crippen LogP contribution in [0.1, 0.15) is 10.5 Å². The summed E-state index contributed by atoms with van der Waals surface area (Å²) in [5.41, 5.74) is 1.01. The van der Waals surface area contributed by atoms with E-state index in [4.69, 9.17) is 5.11 Å². The summed E-state index contributed by atoms with van der Waals surface area (Å²) in [6.07, 6.45) is 3.27. The first-order valence-corrected chi connectivity index (χ1v) is 7.22. The summed E-state index contributed by atoms with van der Waals surface area (Å²) < 4.78 is 0. The fourth-order valence-electron chi connectivity index (χ4n) is 1.56. The number of nitrogens with zero attached hydrogens (tertiary/aromatic N) is 1. The number of aromatic nitrogens is 1. The van der Waals surface area contributed by atoms with E-state index in [2.05, 4.69) is 15.6 Å². The highest BCUT2D eigenvalue weighted by atomic mass is 32.2. The van der Waals surface area contributed by atoms with Crippen LogP contribution in [0.4, 0.5) is 16.2 Å². The van der Waals surface area contributed by atoms with Gasteiger partial charge in [-0.25, -0.2) is 14.6 Å². The molecule has 1 aromatic heterocycles. The molecular weight excluding hydrogens is 290 g/mol. The lowest BCUT2D eigenvalue weighted by Gasteiger charge is -2.08. The molecule has 2 amide bonds. The molecule has 0 saturated carbocycles. The van der Waals surface area contributed by atoms with Crippen molar-refractivity contribution in [1.82, 2.24) is 4.98 Å². The van der Waals surface area contributed by atoms with Gasteiger partial charge in [0.15, 0.2) is 0 Å². The minimum Gasteiger partial charge on any atom is -0.477 e. The smallest absolute Gasteiger partial charge is 0.354 e. The number of carbonyl (C=O) groups excluding carboxylic acids is 1. The van der Waals surface area contributed by atoms with Crippen molar-refractivity contribution in [2.45, 2.75) is 4.90 Å². The Hall–Kier alpha value is -2.54. The van der Waals surface area contributed by atoms with Gasteiger partial charge in [-0.1, -0.05) is 0 Å². The Morgan fingerprint density at radius 3 is 2.19 bits per heavy atom. The van der Waals surface area contributed by atoms with Crippen LogP contribution in [-0.2, 0) is 0 Å². The van der Waals surface area contributed by atoms with Crippen LogP contribution in [0.2, 0.25) is 0 Å². The van der Waals surface area contributed by atoms with Crippen LogP contribution in [0.5, 0.6) is 0 Å². The van der Waals surface area contributed by atoms with Gasteiger partial charge in [-0.15, -0.1) is 11.8 Å². The number of amides is 2. The molecule has 0 aliphatic rings. The SMILES string of the molecule is CSc1ccc(NC(=O)Nc2ccc(C(=O)O)nc2)cc1. The van der Waals surface area contributed by atoms with E-state index in [1.54, 1.807) is 23.9 Å². The molecule has 1 aromatic carbocycles. The second kappa shape index (κ2) is 6.76. The number of anilines is 2. The van der Waals surface area contributed by atoms with Crippen LogP contribution < -0.4 is 10.6 Å². The quantitative estimate of drug-likeness (QED) is 0.755. The van der Waals surface area contributed by atoms with Crippen LogP contribution in [0, 0.1) is 0 Å². The maximum absolute atomic E-state index is 11.8. The minimum atomic E-state index is -1.11. The fraction of sp³-hybridized carbons (Fsp3) is 0.0714. The maximum atomic E-state index is 11.8. The van der Waals surface area contributed by atoms with E-state index < -0.39 is 12.0 Å². The van der Waals surface area contributed by atoms with E-state index >= 15 is 0 Å². The predicted octanol–water partition coefficient (Wildman–Crippen LogP) is 3.15. The van der Waals surface area contributed by atoms with Crippen molar-refractivity contribution in [2.24, 2.45) is 0 Å². The first kappa shape index (κ1) is 14.9. The number of thioether (sulfide) groups is 1. The Morgan fingerprint density at radius 2 is 1.67 bits per heavy atom. The zero-order valence-electron chi connectivity index (χ0n) is 11.2.